The van der Waals surface area contributed by atoms with Crippen molar-refractivity contribution in [2.24, 2.45) is 5.73 Å². The van der Waals surface area contributed by atoms with Gasteiger partial charge in [0.2, 0.25) is 0 Å². The third-order valence-electron chi connectivity index (χ3n) is 2.94. The van der Waals surface area contributed by atoms with Crippen LogP contribution in [0.2, 0.25) is 0 Å². The maximum Gasteiger partial charge on any atom is 0.255 e. The summed E-state index contributed by atoms with van der Waals surface area (Å²) in [7, 11) is 0. The highest BCUT2D eigenvalue weighted by molar-refractivity contribution is 7.71. The highest BCUT2D eigenvalue weighted by Crippen LogP contribution is 2.17. The lowest BCUT2D eigenvalue weighted by atomic mass is 10.1. The van der Waals surface area contributed by atoms with Crippen molar-refractivity contribution in [1.29, 1.82) is 0 Å². The summed E-state index contributed by atoms with van der Waals surface area (Å²) in [5.74, 6) is 0. The van der Waals surface area contributed by atoms with Gasteiger partial charge in [0.15, 0.2) is 4.77 Å². The number of aromatic amines is 1. The summed E-state index contributed by atoms with van der Waals surface area (Å²) in [5.41, 5.74) is 7.55. The molecule has 1 aromatic rings. The van der Waals surface area contributed by atoms with Crippen molar-refractivity contribution < 1.29 is 0 Å². The molecule has 82 valence electrons. The van der Waals surface area contributed by atoms with Crippen LogP contribution in [-0.4, -0.2) is 9.55 Å². The van der Waals surface area contributed by atoms with Crippen LogP contribution in [-0.2, 0) is 19.5 Å². The van der Waals surface area contributed by atoms with Crippen molar-refractivity contribution >= 4 is 12.2 Å². The van der Waals surface area contributed by atoms with Crippen molar-refractivity contribution in [3.05, 3.63) is 26.4 Å². The first-order valence-electron chi connectivity index (χ1n) is 5.29. The Balaban J connectivity index is 2.68. The Morgan fingerprint density at radius 2 is 2.07 bits per heavy atom. The Hall–Kier alpha value is -0.940. The summed E-state index contributed by atoms with van der Waals surface area (Å²) in [5, 5.41) is 0. The molecule has 15 heavy (non-hydrogen) atoms. The largest absolute Gasteiger partial charge is 0.314 e. The normalized spacial score (nSPS) is 15.8. The van der Waals surface area contributed by atoms with E-state index in [1.165, 1.54) is 6.42 Å². The summed E-state index contributed by atoms with van der Waals surface area (Å²) in [4.78, 5) is 14.4. The molecule has 0 fully saturated rings. The quantitative estimate of drug-likeness (QED) is 0.555. The predicted molar refractivity (Wildman–Crippen MR) is 61.3 cm³/mol. The highest BCUT2D eigenvalue weighted by Gasteiger charge is 2.14. The minimum atomic E-state index is -0.0263. The molecule has 0 amide bonds. The molecular weight excluding hydrogens is 210 g/mol. The van der Waals surface area contributed by atoms with E-state index in [9.17, 15) is 4.79 Å². The van der Waals surface area contributed by atoms with Gasteiger partial charge < -0.3 is 10.3 Å². The molecule has 4 nitrogen and oxygen atoms in total. The van der Waals surface area contributed by atoms with Gasteiger partial charge in [0, 0.05) is 11.3 Å². The number of H-pyrrole nitrogens is 1. The Labute approximate surface area is 93.1 Å². The molecule has 0 saturated carbocycles. The molecule has 0 aromatic carbocycles. The Kier molecular flexibility index (Phi) is 3.02. The van der Waals surface area contributed by atoms with Crippen LogP contribution in [0.5, 0.6) is 0 Å². The fraction of sp³-hybridized carbons (Fsp3) is 0.600. The molecule has 1 aliphatic rings. The monoisotopic (exact) mass is 225 g/mol. The number of aromatic nitrogens is 2. The molecule has 0 aliphatic heterocycles. The van der Waals surface area contributed by atoms with Crippen molar-refractivity contribution in [2.45, 2.75) is 38.8 Å². The third kappa shape index (κ3) is 1.89. The van der Waals surface area contributed by atoms with E-state index in [1.54, 1.807) is 0 Å². The molecule has 3 N–H and O–H groups in total. The first-order valence-corrected chi connectivity index (χ1v) is 5.70. The average molecular weight is 225 g/mol. The summed E-state index contributed by atoms with van der Waals surface area (Å²) in [6.07, 6.45) is 5.13. The number of nitrogens with one attached hydrogen (secondary N) is 1. The van der Waals surface area contributed by atoms with Gasteiger partial charge in [-0.25, -0.2) is 0 Å². The minimum Gasteiger partial charge on any atom is -0.314 e. The minimum absolute atomic E-state index is 0.0263. The first kappa shape index (κ1) is 10.6. The second-order valence-corrected chi connectivity index (χ2v) is 4.24. The summed E-state index contributed by atoms with van der Waals surface area (Å²) in [6, 6.07) is 0. The van der Waals surface area contributed by atoms with Crippen LogP contribution in [0.25, 0.3) is 0 Å². The van der Waals surface area contributed by atoms with Crippen LogP contribution in [0.3, 0.4) is 0 Å². The van der Waals surface area contributed by atoms with E-state index in [4.69, 9.17) is 18.0 Å². The van der Waals surface area contributed by atoms with Crippen molar-refractivity contribution in [1.82, 2.24) is 9.55 Å². The van der Waals surface area contributed by atoms with Crippen LogP contribution < -0.4 is 11.3 Å². The van der Waals surface area contributed by atoms with E-state index in [-0.39, 0.29) is 5.56 Å². The Bertz CT molecular complexity index is 475. The standard InChI is InChI=1S/C10H15N3OS/c11-6-13-8-5-3-1-2-4-7(8)9(14)12-10(13)15/h1-6,11H2,(H,12,14,15). The van der Waals surface area contributed by atoms with Crippen LogP contribution in [0.4, 0.5) is 0 Å². The van der Waals surface area contributed by atoms with Gasteiger partial charge in [-0.1, -0.05) is 6.42 Å². The average Bonchev–Trinajstić information content (AvgIpc) is 2.44. The van der Waals surface area contributed by atoms with Crippen molar-refractivity contribution in [3.63, 3.8) is 0 Å². The summed E-state index contributed by atoms with van der Waals surface area (Å²) in [6.45, 7) is 0.345. The molecule has 2 rings (SSSR count). The van der Waals surface area contributed by atoms with Crippen LogP contribution >= 0.6 is 12.2 Å². The molecule has 0 unspecified atom stereocenters. The molecule has 1 heterocycles. The Morgan fingerprint density at radius 1 is 1.33 bits per heavy atom. The van der Waals surface area contributed by atoms with Gasteiger partial charge in [-0.15, -0.1) is 0 Å². The zero-order valence-electron chi connectivity index (χ0n) is 8.58. The number of hydrogen-bond donors (Lipinski definition) is 2. The fourth-order valence-corrected chi connectivity index (χ4v) is 2.44. The van der Waals surface area contributed by atoms with Gasteiger partial charge >= 0.3 is 0 Å². The molecule has 0 spiro atoms. The van der Waals surface area contributed by atoms with Gasteiger partial charge in [-0.2, -0.15) is 0 Å². The van der Waals surface area contributed by atoms with E-state index >= 15 is 0 Å². The van der Waals surface area contributed by atoms with Gasteiger partial charge in [0.05, 0.1) is 6.67 Å². The van der Waals surface area contributed by atoms with Crippen LogP contribution in [0.1, 0.15) is 30.5 Å². The maximum atomic E-state index is 11.7. The third-order valence-corrected chi connectivity index (χ3v) is 3.26. The van der Waals surface area contributed by atoms with Crippen molar-refractivity contribution in [2.75, 3.05) is 0 Å². The number of fused-ring (bicyclic) bond motifs is 1. The number of nitrogens with zero attached hydrogens (tertiary/aromatic N) is 1. The second-order valence-electron chi connectivity index (χ2n) is 3.86. The number of rotatable bonds is 1. The smallest absolute Gasteiger partial charge is 0.255 e. The zero-order chi connectivity index (χ0) is 10.8. The molecule has 5 heteroatoms. The molecule has 1 aliphatic carbocycles. The molecule has 0 bridgehead atoms. The topological polar surface area (TPSA) is 63.8 Å². The summed E-state index contributed by atoms with van der Waals surface area (Å²) < 4.78 is 2.29. The molecule has 0 atom stereocenters. The van der Waals surface area contributed by atoms with Crippen molar-refractivity contribution in [3.8, 4) is 0 Å². The van der Waals surface area contributed by atoms with Gasteiger partial charge in [-0.05, 0) is 37.9 Å². The zero-order valence-corrected chi connectivity index (χ0v) is 9.40. The fourth-order valence-electron chi connectivity index (χ4n) is 2.16. The van der Waals surface area contributed by atoms with Crippen LogP contribution in [0.15, 0.2) is 4.79 Å². The molecule has 1 aromatic heterocycles. The molecule has 0 radical (unpaired) electrons. The van der Waals surface area contributed by atoms with Gasteiger partial charge in [0.1, 0.15) is 0 Å². The SMILES string of the molecule is NCn1c2c(c(=O)[nH]c1=S)CCCCC2. The Morgan fingerprint density at radius 3 is 2.80 bits per heavy atom. The van der Waals surface area contributed by atoms with E-state index < -0.39 is 0 Å². The lowest BCUT2D eigenvalue weighted by Crippen LogP contribution is -2.25. The van der Waals surface area contributed by atoms with E-state index in [0.717, 1.165) is 36.9 Å². The molecule has 0 saturated heterocycles. The second kappa shape index (κ2) is 4.28. The predicted octanol–water partition coefficient (Wildman–Crippen LogP) is 1.09. The molecular formula is C10H15N3OS. The van der Waals surface area contributed by atoms with Crippen LogP contribution in [0, 0.1) is 4.77 Å². The van der Waals surface area contributed by atoms with E-state index in [2.05, 4.69) is 4.98 Å². The van der Waals surface area contributed by atoms with E-state index in [1.807, 2.05) is 4.57 Å². The lowest BCUT2D eigenvalue weighted by Gasteiger charge is -2.13. The van der Waals surface area contributed by atoms with Gasteiger partial charge in [-0.3, -0.25) is 9.78 Å². The maximum absolute atomic E-state index is 11.7. The number of nitrogens with two attached hydrogens (primary N) is 1. The summed E-state index contributed by atoms with van der Waals surface area (Å²) >= 11 is 5.10. The first-order chi connectivity index (χ1) is 7.24. The lowest BCUT2D eigenvalue weighted by molar-refractivity contribution is 0.628. The highest BCUT2D eigenvalue weighted by atomic mass is 32.1. The van der Waals surface area contributed by atoms with Gasteiger partial charge in [0.25, 0.3) is 5.56 Å². The number of hydrogen-bond acceptors (Lipinski definition) is 3. The van der Waals surface area contributed by atoms with E-state index in [0.29, 0.717) is 11.4 Å².